The molecule has 24 heavy (non-hydrogen) atoms. The van der Waals surface area contributed by atoms with Gasteiger partial charge in [-0.3, -0.25) is 9.78 Å². The summed E-state index contributed by atoms with van der Waals surface area (Å²) < 4.78 is 13.8. The molecule has 0 amide bonds. The fourth-order valence-electron chi connectivity index (χ4n) is 3.70. The number of hydrogen-bond acceptors (Lipinski definition) is 4. The first-order valence-corrected chi connectivity index (χ1v) is 8.04. The minimum Gasteiger partial charge on any atom is -0.358 e. The van der Waals surface area contributed by atoms with Gasteiger partial charge in [0.2, 0.25) is 0 Å². The van der Waals surface area contributed by atoms with Crippen LogP contribution in [0.1, 0.15) is 18.1 Å². The van der Waals surface area contributed by atoms with Gasteiger partial charge < -0.3 is 10.2 Å². The van der Waals surface area contributed by atoms with E-state index in [1.807, 2.05) is 18.3 Å². The number of rotatable bonds is 2. The molecule has 0 bridgehead atoms. The first-order valence-electron chi connectivity index (χ1n) is 8.04. The second-order valence-electron chi connectivity index (χ2n) is 6.24. The maximum absolute atomic E-state index is 13.8. The average molecular weight is 323 g/mol. The summed E-state index contributed by atoms with van der Waals surface area (Å²) in [6, 6.07) is 8.06. The lowest BCUT2D eigenvalue weighted by Gasteiger charge is -2.45. The molecule has 0 spiro atoms. The summed E-state index contributed by atoms with van der Waals surface area (Å²) in [5.41, 5.74) is 4.10. The monoisotopic (exact) mass is 323 g/mol. The molecule has 1 N–H and O–H groups in total. The van der Waals surface area contributed by atoms with Crippen LogP contribution in [0.5, 0.6) is 0 Å². The number of Topliss-reactive ketones (excluding diaryl/α,β-unsaturated/α-hetero) is 1. The highest BCUT2D eigenvalue weighted by Gasteiger charge is 2.40. The van der Waals surface area contributed by atoms with Crippen molar-refractivity contribution in [2.45, 2.75) is 25.6 Å². The van der Waals surface area contributed by atoms with E-state index in [9.17, 15) is 9.18 Å². The summed E-state index contributed by atoms with van der Waals surface area (Å²) in [4.78, 5) is 18.6. The summed E-state index contributed by atoms with van der Waals surface area (Å²) >= 11 is 0. The number of fused-ring (bicyclic) bond motifs is 3. The van der Waals surface area contributed by atoms with Crippen LogP contribution >= 0.6 is 0 Å². The smallest absolute Gasteiger partial charge is 0.149 e. The van der Waals surface area contributed by atoms with Gasteiger partial charge in [0.1, 0.15) is 11.6 Å². The van der Waals surface area contributed by atoms with Gasteiger partial charge in [-0.1, -0.05) is 12.1 Å². The lowest BCUT2D eigenvalue weighted by atomic mass is 9.82. The molecule has 0 saturated heterocycles. The van der Waals surface area contributed by atoms with E-state index >= 15 is 0 Å². The van der Waals surface area contributed by atoms with E-state index in [0.717, 1.165) is 22.4 Å². The van der Waals surface area contributed by atoms with Gasteiger partial charge in [0.05, 0.1) is 12.1 Å². The number of ketones is 1. The first kappa shape index (κ1) is 15.0. The SMILES string of the molecule is CC(=O)C1NCC=C2c3cnccc3CN(c3cccc(F)c3)C21. The molecule has 2 unspecified atom stereocenters. The number of benzene rings is 1. The number of hydrogen-bond donors (Lipinski definition) is 1. The van der Waals surface area contributed by atoms with Gasteiger partial charge in [-0.25, -0.2) is 4.39 Å². The Balaban J connectivity index is 1.88. The van der Waals surface area contributed by atoms with Crippen LogP contribution in [0.2, 0.25) is 0 Å². The van der Waals surface area contributed by atoms with Crippen molar-refractivity contribution >= 4 is 17.0 Å². The maximum Gasteiger partial charge on any atom is 0.149 e. The van der Waals surface area contributed by atoms with Gasteiger partial charge >= 0.3 is 0 Å². The van der Waals surface area contributed by atoms with E-state index in [-0.39, 0.29) is 23.7 Å². The van der Waals surface area contributed by atoms with Crippen molar-refractivity contribution in [2.75, 3.05) is 11.4 Å². The third-order valence-corrected chi connectivity index (χ3v) is 4.77. The largest absolute Gasteiger partial charge is 0.358 e. The average Bonchev–Trinajstić information content (AvgIpc) is 2.60. The van der Waals surface area contributed by atoms with Crippen LogP contribution in [-0.2, 0) is 11.3 Å². The van der Waals surface area contributed by atoms with Crippen LogP contribution in [0.25, 0.3) is 5.57 Å². The Morgan fingerprint density at radius 3 is 3.04 bits per heavy atom. The minimum atomic E-state index is -0.318. The van der Waals surface area contributed by atoms with Crippen LogP contribution in [0.3, 0.4) is 0 Å². The predicted molar refractivity (Wildman–Crippen MR) is 91.1 cm³/mol. The zero-order chi connectivity index (χ0) is 16.7. The normalized spacial score (nSPS) is 22.4. The highest BCUT2D eigenvalue weighted by atomic mass is 19.1. The summed E-state index contributed by atoms with van der Waals surface area (Å²) in [7, 11) is 0. The van der Waals surface area contributed by atoms with Crippen LogP contribution in [0.15, 0.2) is 48.8 Å². The third kappa shape index (κ3) is 2.41. The molecule has 5 heteroatoms. The lowest BCUT2D eigenvalue weighted by molar-refractivity contribution is -0.119. The topological polar surface area (TPSA) is 45.2 Å². The number of aromatic nitrogens is 1. The Hall–Kier alpha value is -2.53. The summed E-state index contributed by atoms with van der Waals surface area (Å²) in [6.45, 7) is 2.86. The molecule has 1 aromatic heterocycles. The van der Waals surface area contributed by atoms with E-state index in [4.69, 9.17) is 0 Å². The van der Waals surface area contributed by atoms with E-state index in [2.05, 4.69) is 21.3 Å². The Bertz CT molecular complexity index is 833. The molecule has 2 aromatic rings. The van der Waals surface area contributed by atoms with Crippen molar-refractivity contribution in [1.29, 1.82) is 0 Å². The molecule has 4 nitrogen and oxygen atoms in total. The molecule has 0 aliphatic carbocycles. The number of nitrogens with one attached hydrogen (secondary N) is 1. The predicted octanol–water partition coefficient (Wildman–Crippen LogP) is 2.55. The van der Waals surface area contributed by atoms with Crippen molar-refractivity contribution in [2.24, 2.45) is 0 Å². The van der Waals surface area contributed by atoms with Crippen LogP contribution in [0.4, 0.5) is 10.1 Å². The highest BCUT2D eigenvalue weighted by Crippen LogP contribution is 2.38. The van der Waals surface area contributed by atoms with Gasteiger partial charge in [-0.2, -0.15) is 0 Å². The fraction of sp³-hybridized carbons (Fsp3) is 0.263. The molecule has 3 heterocycles. The molecule has 4 rings (SSSR count). The summed E-state index contributed by atoms with van der Waals surface area (Å²) in [6.07, 6.45) is 5.74. The van der Waals surface area contributed by atoms with Crippen molar-refractivity contribution in [3.8, 4) is 0 Å². The lowest BCUT2D eigenvalue weighted by Crippen LogP contribution is -2.57. The van der Waals surface area contributed by atoms with Crippen molar-refractivity contribution in [3.63, 3.8) is 0 Å². The molecule has 0 saturated carbocycles. The Kier molecular flexibility index (Phi) is 3.65. The number of pyridine rings is 1. The second-order valence-corrected chi connectivity index (χ2v) is 6.24. The van der Waals surface area contributed by atoms with Crippen molar-refractivity contribution in [1.82, 2.24) is 10.3 Å². The van der Waals surface area contributed by atoms with E-state index in [1.165, 1.54) is 12.1 Å². The Morgan fingerprint density at radius 2 is 2.25 bits per heavy atom. The summed E-state index contributed by atoms with van der Waals surface area (Å²) in [5.74, 6) is -0.193. The molecule has 2 aliphatic rings. The summed E-state index contributed by atoms with van der Waals surface area (Å²) in [5, 5.41) is 3.28. The maximum atomic E-state index is 13.8. The van der Waals surface area contributed by atoms with E-state index < -0.39 is 0 Å². The van der Waals surface area contributed by atoms with Gasteiger partial charge in [0.25, 0.3) is 0 Å². The number of nitrogens with zero attached hydrogens (tertiary/aromatic N) is 2. The second kappa shape index (κ2) is 5.83. The molecule has 0 radical (unpaired) electrons. The molecule has 0 fully saturated rings. The Morgan fingerprint density at radius 1 is 1.38 bits per heavy atom. The van der Waals surface area contributed by atoms with E-state index in [1.54, 1.807) is 19.2 Å². The first-order chi connectivity index (χ1) is 11.6. The van der Waals surface area contributed by atoms with Gasteiger partial charge in [-0.05, 0) is 42.3 Å². The van der Waals surface area contributed by atoms with Crippen LogP contribution in [-0.4, -0.2) is 29.4 Å². The Labute approximate surface area is 140 Å². The number of carbonyl (C=O) groups excluding carboxylic acids is 1. The number of carbonyl (C=O) groups is 1. The van der Waals surface area contributed by atoms with Gasteiger partial charge in [-0.15, -0.1) is 0 Å². The zero-order valence-corrected chi connectivity index (χ0v) is 13.4. The standard InChI is InChI=1S/C19H18FN3O/c1-12(24)18-19-16(6-8-22-18)17-10-21-7-5-13(17)11-23(19)15-4-2-3-14(20)9-15/h2-7,9-10,18-19,22H,8,11H2,1H3. The zero-order valence-electron chi connectivity index (χ0n) is 13.4. The third-order valence-electron chi connectivity index (χ3n) is 4.77. The minimum absolute atomic E-state index is 0.0827. The van der Waals surface area contributed by atoms with Crippen LogP contribution in [0, 0.1) is 5.82 Å². The van der Waals surface area contributed by atoms with E-state index in [0.29, 0.717) is 13.1 Å². The highest BCUT2D eigenvalue weighted by molar-refractivity contribution is 5.90. The van der Waals surface area contributed by atoms with Gasteiger partial charge in [0.15, 0.2) is 0 Å². The number of anilines is 1. The van der Waals surface area contributed by atoms with Crippen LogP contribution < -0.4 is 10.2 Å². The van der Waals surface area contributed by atoms with Crippen molar-refractivity contribution in [3.05, 3.63) is 65.7 Å². The van der Waals surface area contributed by atoms with Gasteiger partial charge in [0, 0.05) is 36.7 Å². The molecule has 2 aliphatic heterocycles. The quantitative estimate of drug-likeness (QED) is 0.922. The fourth-order valence-corrected chi connectivity index (χ4v) is 3.70. The molecule has 2 atom stereocenters. The molecular formula is C19H18FN3O. The molecule has 1 aromatic carbocycles. The number of halogens is 1. The molecule has 122 valence electrons. The molecular weight excluding hydrogens is 305 g/mol. The van der Waals surface area contributed by atoms with Crippen molar-refractivity contribution < 1.29 is 9.18 Å².